The predicted octanol–water partition coefficient (Wildman–Crippen LogP) is 4.51. The number of rotatable bonds is 6. The molecule has 5 heteroatoms. The molecule has 0 saturated carbocycles. The van der Waals surface area contributed by atoms with Crippen molar-refractivity contribution in [3.05, 3.63) is 70.0 Å². The number of hydrogen-bond acceptors (Lipinski definition) is 4. The second-order valence-electron chi connectivity index (χ2n) is 6.24. The van der Waals surface area contributed by atoms with Gasteiger partial charge in [0.05, 0.1) is 10.7 Å². The van der Waals surface area contributed by atoms with E-state index in [9.17, 15) is 4.79 Å². The van der Waals surface area contributed by atoms with Crippen LogP contribution in [0.1, 0.15) is 23.1 Å². The minimum Gasteiger partial charge on any atom is -0.481 e. The van der Waals surface area contributed by atoms with Gasteiger partial charge in [-0.1, -0.05) is 42.0 Å². The highest BCUT2D eigenvalue weighted by Gasteiger charge is 2.14. The molecular formula is C21H22N2O2S. The van der Waals surface area contributed by atoms with Gasteiger partial charge in [0.15, 0.2) is 6.10 Å². The maximum Gasteiger partial charge on any atom is 0.261 e. The summed E-state index contributed by atoms with van der Waals surface area (Å²) in [4.78, 5) is 16.7. The van der Waals surface area contributed by atoms with Crippen LogP contribution in [0.4, 0.5) is 0 Å². The third-order valence-electron chi connectivity index (χ3n) is 4.04. The predicted molar refractivity (Wildman–Crippen MR) is 105 cm³/mol. The summed E-state index contributed by atoms with van der Waals surface area (Å²) in [6.45, 7) is 6.23. The van der Waals surface area contributed by atoms with Gasteiger partial charge in [0.2, 0.25) is 0 Å². The van der Waals surface area contributed by atoms with Crippen molar-refractivity contribution in [1.29, 1.82) is 0 Å². The minimum atomic E-state index is -0.546. The van der Waals surface area contributed by atoms with Gasteiger partial charge in [-0.15, -0.1) is 11.3 Å². The van der Waals surface area contributed by atoms with Gasteiger partial charge in [-0.3, -0.25) is 4.79 Å². The molecule has 0 fully saturated rings. The number of benzene rings is 2. The number of aryl methyl sites for hydroxylation is 2. The van der Waals surface area contributed by atoms with Crippen LogP contribution in [0.5, 0.6) is 5.75 Å². The Hall–Kier alpha value is -2.66. The lowest BCUT2D eigenvalue weighted by Gasteiger charge is -2.15. The highest BCUT2D eigenvalue weighted by atomic mass is 32.1. The van der Waals surface area contributed by atoms with Crippen LogP contribution in [0.25, 0.3) is 11.3 Å². The average Bonchev–Trinajstić information content (AvgIpc) is 3.08. The fourth-order valence-corrected chi connectivity index (χ4v) is 3.12. The van der Waals surface area contributed by atoms with E-state index in [0.717, 1.165) is 27.4 Å². The molecule has 4 nitrogen and oxygen atoms in total. The molecule has 1 aromatic heterocycles. The van der Waals surface area contributed by atoms with E-state index in [1.165, 1.54) is 0 Å². The summed E-state index contributed by atoms with van der Waals surface area (Å²) in [5.41, 5.74) is 4.27. The van der Waals surface area contributed by atoms with E-state index in [2.05, 4.69) is 15.7 Å². The smallest absolute Gasteiger partial charge is 0.261 e. The third kappa shape index (κ3) is 4.70. The van der Waals surface area contributed by atoms with Crippen molar-refractivity contribution < 1.29 is 9.53 Å². The maximum absolute atomic E-state index is 12.2. The number of aromatic nitrogens is 1. The molecule has 3 aromatic rings. The zero-order chi connectivity index (χ0) is 18.5. The lowest BCUT2D eigenvalue weighted by Crippen LogP contribution is -2.35. The number of hydrogen-bond donors (Lipinski definition) is 1. The normalized spacial score (nSPS) is 11.8. The Bertz CT molecular complexity index is 870. The van der Waals surface area contributed by atoms with E-state index in [-0.39, 0.29) is 5.91 Å². The topological polar surface area (TPSA) is 51.2 Å². The standard InChI is InChI=1S/C21H22N2O2S/c1-14-4-10-19(11-5-14)25-15(2)21(24)22-12-17-6-8-18(9-7-17)20-13-26-16(3)23-20/h4-11,13,15H,12H2,1-3H3,(H,22,24). The van der Waals surface area contributed by atoms with E-state index in [1.54, 1.807) is 18.3 Å². The molecular weight excluding hydrogens is 344 g/mol. The quantitative estimate of drug-likeness (QED) is 0.698. The SMILES string of the molecule is Cc1ccc(OC(C)C(=O)NCc2ccc(-c3csc(C)n3)cc2)cc1. The molecule has 0 aliphatic carbocycles. The minimum absolute atomic E-state index is 0.134. The van der Waals surface area contributed by atoms with E-state index < -0.39 is 6.10 Å². The van der Waals surface area contributed by atoms with E-state index in [0.29, 0.717) is 12.3 Å². The molecule has 3 rings (SSSR count). The number of nitrogens with zero attached hydrogens (tertiary/aromatic N) is 1. The van der Waals surface area contributed by atoms with Gasteiger partial charge in [-0.05, 0) is 38.5 Å². The number of thiazole rings is 1. The maximum atomic E-state index is 12.2. The van der Waals surface area contributed by atoms with Crippen LogP contribution in [0.15, 0.2) is 53.9 Å². The van der Waals surface area contributed by atoms with Crippen LogP contribution in [0.2, 0.25) is 0 Å². The summed E-state index contributed by atoms with van der Waals surface area (Å²) in [6.07, 6.45) is -0.546. The van der Waals surface area contributed by atoms with Gasteiger partial charge in [0.1, 0.15) is 5.75 Å². The van der Waals surface area contributed by atoms with Crippen molar-refractivity contribution in [2.24, 2.45) is 0 Å². The molecule has 0 saturated heterocycles. The van der Waals surface area contributed by atoms with Gasteiger partial charge in [0.25, 0.3) is 5.91 Å². The average molecular weight is 366 g/mol. The van der Waals surface area contributed by atoms with Crippen LogP contribution < -0.4 is 10.1 Å². The van der Waals surface area contributed by atoms with Gasteiger partial charge in [-0.2, -0.15) is 0 Å². The van der Waals surface area contributed by atoms with Crippen molar-refractivity contribution in [2.45, 2.75) is 33.4 Å². The summed E-state index contributed by atoms with van der Waals surface area (Å²) >= 11 is 1.64. The summed E-state index contributed by atoms with van der Waals surface area (Å²) < 4.78 is 5.68. The lowest BCUT2D eigenvalue weighted by molar-refractivity contribution is -0.127. The summed E-state index contributed by atoms with van der Waals surface area (Å²) in [5, 5.41) is 6.02. The highest BCUT2D eigenvalue weighted by molar-refractivity contribution is 7.09. The van der Waals surface area contributed by atoms with Crippen LogP contribution in [0, 0.1) is 13.8 Å². The summed E-state index contributed by atoms with van der Waals surface area (Å²) in [7, 11) is 0. The van der Waals surface area contributed by atoms with Gasteiger partial charge in [0, 0.05) is 17.5 Å². The van der Waals surface area contributed by atoms with Crippen LogP contribution in [-0.4, -0.2) is 17.0 Å². The molecule has 0 aliphatic heterocycles. The lowest BCUT2D eigenvalue weighted by atomic mass is 10.1. The zero-order valence-electron chi connectivity index (χ0n) is 15.2. The van der Waals surface area contributed by atoms with Gasteiger partial charge in [-0.25, -0.2) is 4.98 Å². The van der Waals surface area contributed by atoms with Crippen molar-refractivity contribution in [1.82, 2.24) is 10.3 Å². The molecule has 1 amide bonds. The number of carbonyl (C=O) groups is 1. The Morgan fingerprint density at radius 2 is 1.81 bits per heavy atom. The molecule has 1 heterocycles. The Morgan fingerprint density at radius 3 is 2.42 bits per heavy atom. The highest BCUT2D eigenvalue weighted by Crippen LogP contribution is 2.21. The molecule has 1 N–H and O–H groups in total. The molecule has 0 aliphatic rings. The second kappa shape index (κ2) is 8.15. The number of ether oxygens (including phenoxy) is 1. The van der Waals surface area contributed by atoms with Crippen LogP contribution in [0.3, 0.4) is 0 Å². The second-order valence-corrected chi connectivity index (χ2v) is 7.30. The third-order valence-corrected chi connectivity index (χ3v) is 4.81. The van der Waals surface area contributed by atoms with E-state index in [1.807, 2.05) is 62.4 Å². The largest absolute Gasteiger partial charge is 0.481 e. The van der Waals surface area contributed by atoms with Crippen molar-refractivity contribution in [2.75, 3.05) is 0 Å². The number of carbonyl (C=O) groups excluding carboxylic acids is 1. The molecule has 134 valence electrons. The fourth-order valence-electron chi connectivity index (χ4n) is 2.50. The molecule has 2 aromatic carbocycles. The van der Waals surface area contributed by atoms with Crippen molar-refractivity contribution in [3.8, 4) is 17.0 Å². The fraction of sp³-hybridized carbons (Fsp3) is 0.238. The Kier molecular flexibility index (Phi) is 5.68. The first-order valence-corrected chi connectivity index (χ1v) is 9.42. The number of amides is 1. The van der Waals surface area contributed by atoms with Gasteiger partial charge < -0.3 is 10.1 Å². The first-order valence-electron chi connectivity index (χ1n) is 8.54. The zero-order valence-corrected chi connectivity index (χ0v) is 16.0. The first-order chi connectivity index (χ1) is 12.5. The van der Waals surface area contributed by atoms with Crippen molar-refractivity contribution >= 4 is 17.2 Å². The first kappa shape index (κ1) is 18.1. The Balaban J connectivity index is 1.52. The molecule has 26 heavy (non-hydrogen) atoms. The number of nitrogens with one attached hydrogen (secondary N) is 1. The monoisotopic (exact) mass is 366 g/mol. The molecule has 0 radical (unpaired) electrons. The van der Waals surface area contributed by atoms with E-state index in [4.69, 9.17) is 4.74 Å². The van der Waals surface area contributed by atoms with Crippen LogP contribution in [-0.2, 0) is 11.3 Å². The van der Waals surface area contributed by atoms with Crippen molar-refractivity contribution in [3.63, 3.8) is 0 Å². The molecule has 0 bridgehead atoms. The summed E-state index contributed by atoms with van der Waals surface area (Å²) in [6, 6.07) is 15.8. The van der Waals surface area contributed by atoms with E-state index >= 15 is 0 Å². The van der Waals surface area contributed by atoms with Gasteiger partial charge >= 0.3 is 0 Å². The summed E-state index contributed by atoms with van der Waals surface area (Å²) in [5.74, 6) is 0.561. The Morgan fingerprint density at radius 1 is 1.12 bits per heavy atom. The molecule has 1 atom stereocenters. The Labute approximate surface area is 157 Å². The van der Waals surface area contributed by atoms with Crippen LogP contribution >= 0.6 is 11.3 Å². The molecule has 1 unspecified atom stereocenters. The molecule has 0 spiro atoms.